The summed E-state index contributed by atoms with van der Waals surface area (Å²) in [5.41, 5.74) is 0. The first-order valence-electron chi connectivity index (χ1n) is 9.48. The highest BCUT2D eigenvalue weighted by atomic mass is 127. The Balaban J connectivity index is 0.00000300. The van der Waals surface area contributed by atoms with Crippen molar-refractivity contribution in [1.82, 2.24) is 15.1 Å². The highest BCUT2D eigenvalue weighted by Crippen LogP contribution is 2.10. The van der Waals surface area contributed by atoms with Gasteiger partial charge >= 0.3 is 0 Å². The predicted molar refractivity (Wildman–Crippen MR) is 125 cm³/mol. The van der Waals surface area contributed by atoms with Crippen molar-refractivity contribution >= 4 is 46.6 Å². The average Bonchev–Trinajstić information content (AvgIpc) is 3.28. The molecule has 0 aliphatic carbocycles. The molecular weight excluding hydrogens is 503 g/mol. The second-order valence-corrected chi connectivity index (χ2v) is 7.93. The van der Waals surface area contributed by atoms with Crippen LogP contribution in [0.5, 0.6) is 0 Å². The first kappa shape index (κ1) is 23.4. The summed E-state index contributed by atoms with van der Waals surface area (Å²) in [5.74, 6) is 1.58. The summed E-state index contributed by atoms with van der Waals surface area (Å²) in [6.07, 6.45) is 1.51. The maximum absolute atomic E-state index is 12.4. The van der Waals surface area contributed by atoms with Crippen molar-refractivity contribution in [3.63, 3.8) is 0 Å². The first-order valence-corrected chi connectivity index (χ1v) is 10.8. The Labute approximate surface area is 191 Å². The fraction of sp³-hybridized carbons (Fsp3) is 0.400. The van der Waals surface area contributed by atoms with Crippen LogP contribution in [0.1, 0.15) is 17.5 Å². The topological polar surface area (TPSA) is 78.2 Å². The van der Waals surface area contributed by atoms with E-state index in [4.69, 9.17) is 4.42 Å². The van der Waals surface area contributed by atoms with Gasteiger partial charge in [-0.1, -0.05) is 18.2 Å². The third kappa shape index (κ3) is 6.56. The van der Waals surface area contributed by atoms with Crippen molar-refractivity contribution in [3.05, 3.63) is 54.5 Å². The molecule has 0 radical (unpaired) electrons. The van der Waals surface area contributed by atoms with Crippen molar-refractivity contribution in [1.29, 1.82) is 0 Å². The lowest BCUT2D eigenvalue weighted by Crippen LogP contribution is -2.53. The SMILES string of the molecule is CCNC(=NCCS(=O)c1ccccc1)N1CCN(C(=O)c2ccco2)CC1.I. The number of amides is 1. The van der Waals surface area contributed by atoms with Gasteiger partial charge in [-0.05, 0) is 31.2 Å². The van der Waals surface area contributed by atoms with E-state index in [1.807, 2.05) is 37.3 Å². The van der Waals surface area contributed by atoms with Crippen molar-refractivity contribution < 1.29 is 13.4 Å². The molecule has 1 N–H and O–H groups in total. The van der Waals surface area contributed by atoms with Crippen molar-refractivity contribution in [2.45, 2.75) is 11.8 Å². The number of guanidine groups is 1. The van der Waals surface area contributed by atoms with Gasteiger partial charge in [0, 0.05) is 43.4 Å². The zero-order valence-corrected chi connectivity index (χ0v) is 19.6. The fourth-order valence-electron chi connectivity index (χ4n) is 3.03. The molecule has 1 unspecified atom stereocenters. The van der Waals surface area contributed by atoms with Crippen LogP contribution in [0.2, 0.25) is 0 Å². The summed E-state index contributed by atoms with van der Waals surface area (Å²) < 4.78 is 17.5. The van der Waals surface area contributed by atoms with Crippen molar-refractivity contribution in [2.75, 3.05) is 45.0 Å². The molecule has 1 amide bonds. The van der Waals surface area contributed by atoms with Gasteiger partial charge in [0.05, 0.1) is 23.6 Å². The Morgan fingerprint density at radius 2 is 1.79 bits per heavy atom. The summed E-state index contributed by atoms with van der Waals surface area (Å²) in [5, 5.41) is 3.29. The van der Waals surface area contributed by atoms with Crippen LogP contribution in [0.15, 0.2) is 63.0 Å². The number of halogens is 1. The van der Waals surface area contributed by atoms with E-state index in [1.165, 1.54) is 6.26 Å². The van der Waals surface area contributed by atoms with E-state index < -0.39 is 10.8 Å². The molecule has 1 atom stereocenters. The molecule has 158 valence electrons. The second kappa shape index (κ2) is 12.0. The van der Waals surface area contributed by atoms with E-state index in [0.717, 1.165) is 17.4 Å². The van der Waals surface area contributed by atoms with E-state index in [0.29, 0.717) is 44.2 Å². The zero-order valence-electron chi connectivity index (χ0n) is 16.5. The maximum atomic E-state index is 12.4. The number of benzene rings is 1. The molecule has 2 heterocycles. The van der Waals surface area contributed by atoms with Crippen molar-refractivity contribution in [2.24, 2.45) is 4.99 Å². The molecule has 0 saturated carbocycles. The van der Waals surface area contributed by atoms with Gasteiger partial charge in [-0.3, -0.25) is 14.0 Å². The Kier molecular flexibility index (Phi) is 9.65. The number of piperazine rings is 1. The van der Waals surface area contributed by atoms with Gasteiger partial charge in [0.2, 0.25) is 0 Å². The molecule has 2 aromatic rings. The second-order valence-electron chi connectivity index (χ2n) is 6.35. The molecule has 1 aliphatic heterocycles. The zero-order chi connectivity index (χ0) is 19.8. The molecule has 1 fully saturated rings. The highest BCUT2D eigenvalue weighted by molar-refractivity contribution is 14.0. The molecular formula is C20H27IN4O3S. The standard InChI is InChI=1S/C20H26N4O3S.HI/c1-2-21-20(22-10-16-28(26)17-7-4-3-5-8-17)24-13-11-23(12-14-24)19(25)18-9-6-15-27-18;/h3-9,15H,2,10-14,16H2,1H3,(H,21,22);1H. The van der Waals surface area contributed by atoms with Crippen LogP contribution in [0.25, 0.3) is 0 Å². The number of nitrogens with zero attached hydrogens (tertiary/aromatic N) is 3. The molecule has 0 spiro atoms. The normalized spacial score (nSPS) is 15.6. The van der Waals surface area contributed by atoms with E-state index in [1.54, 1.807) is 17.0 Å². The van der Waals surface area contributed by atoms with Crippen LogP contribution < -0.4 is 5.32 Å². The molecule has 1 saturated heterocycles. The largest absolute Gasteiger partial charge is 0.459 e. The minimum atomic E-state index is -1.05. The number of hydrogen-bond acceptors (Lipinski definition) is 4. The number of aliphatic imine (C=N–C) groups is 1. The highest BCUT2D eigenvalue weighted by Gasteiger charge is 2.25. The molecule has 7 nitrogen and oxygen atoms in total. The Morgan fingerprint density at radius 3 is 2.41 bits per heavy atom. The van der Waals surface area contributed by atoms with Crippen LogP contribution in [0.3, 0.4) is 0 Å². The number of carbonyl (C=O) groups excluding carboxylic acids is 1. The van der Waals surface area contributed by atoms with Crippen LogP contribution in [0.4, 0.5) is 0 Å². The molecule has 1 aliphatic rings. The third-order valence-electron chi connectivity index (χ3n) is 4.48. The molecule has 1 aromatic heterocycles. The smallest absolute Gasteiger partial charge is 0.289 e. The average molecular weight is 530 g/mol. The quantitative estimate of drug-likeness (QED) is 0.353. The molecule has 3 rings (SSSR count). The Morgan fingerprint density at radius 1 is 1.10 bits per heavy atom. The lowest BCUT2D eigenvalue weighted by Gasteiger charge is -2.36. The van der Waals surface area contributed by atoms with Crippen molar-refractivity contribution in [3.8, 4) is 0 Å². The Bertz CT molecular complexity index is 806. The van der Waals surface area contributed by atoms with Crippen LogP contribution in [-0.2, 0) is 10.8 Å². The van der Waals surface area contributed by atoms with Crippen LogP contribution >= 0.6 is 24.0 Å². The summed E-state index contributed by atoms with van der Waals surface area (Å²) in [7, 11) is -1.05. The van der Waals surface area contributed by atoms with Crippen LogP contribution in [-0.4, -0.2) is 70.9 Å². The molecule has 9 heteroatoms. The van der Waals surface area contributed by atoms with Gasteiger partial charge in [0.15, 0.2) is 11.7 Å². The summed E-state index contributed by atoms with van der Waals surface area (Å²) in [6, 6.07) is 12.9. The third-order valence-corrected chi connectivity index (χ3v) is 5.83. The number of rotatable bonds is 6. The minimum Gasteiger partial charge on any atom is -0.459 e. The van der Waals surface area contributed by atoms with Gasteiger partial charge in [-0.25, -0.2) is 0 Å². The lowest BCUT2D eigenvalue weighted by molar-refractivity contribution is 0.0657. The summed E-state index contributed by atoms with van der Waals surface area (Å²) in [6.45, 7) is 5.87. The molecule has 29 heavy (non-hydrogen) atoms. The van der Waals surface area contributed by atoms with E-state index in [9.17, 15) is 9.00 Å². The lowest BCUT2D eigenvalue weighted by atomic mass is 10.3. The number of carbonyl (C=O) groups is 1. The van der Waals surface area contributed by atoms with Gasteiger partial charge in [0.1, 0.15) is 0 Å². The summed E-state index contributed by atoms with van der Waals surface area (Å²) in [4.78, 5) is 21.8. The predicted octanol–water partition coefficient (Wildman–Crippen LogP) is 2.43. The molecule has 1 aromatic carbocycles. The first-order chi connectivity index (χ1) is 13.7. The van der Waals surface area contributed by atoms with E-state index in [2.05, 4.69) is 15.2 Å². The van der Waals surface area contributed by atoms with Gasteiger partial charge in [0.25, 0.3) is 5.91 Å². The van der Waals surface area contributed by atoms with E-state index in [-0.39, 0.29) is 29.9 Å². The fourth-order valence-corrected chi connectivity index (χ4v) is 3.98. The number of furan rings is 1. The number of nitrogens with one attached hydrogen (secondary N) is 1. The van der Waals surface area contributed by atoms with Gasteiger partial charge in [-0.15, -0.1) is 24.0 Å². The van der Waals surface area contributed by atoms with Gasteiger partial charge in [-0.2, -0.15) is 0 Å². The monoisotopic (exact) mass is 530 g/mol. The Hall–Kier alpha value is -1.88. The number of hydrogen-bond donors (Lipinski definition) is 1. The van der Waals surface area contributed by atoms with Crippen LogP contribution in [0, 0.1) is 0 Å². The maximum Gasteiger partial charge on any atom is 0.289 e. The van der Waals surface area contributed by atoms with Gasteiger partial charge < -0.3 is 19.5 Å². The minimum absolute atomic E-state index is 0. The summed E-state index contributed by atoms with van der Waals surface area (Å²) >= 11 is 0. The van der Waals surface area contributed by atoms with E-state index >= 15 is 0 Å². The molecule has 0 bridgehead atoms.